The van der Waals surface area contributed by atoms with Crippen LogP contribution >= 0.6 is 0 Å². The highest BCUT2D eigenvalue weighted by molar-refractivity contribution is 5.76. The van der Waals surface area contributed by atoms with Crippen molar-refractivity contribution in [3.63, 3.8) is 0 Å². The Bertz CT molecular complexity index is 332. The summed E-state index contributed by atoms with van der Waals surface area (Å²) in [4.78, 5) is 14.5. The Morgan fingerprint density at radius 1 is 1.18 bits per heavy atom. The van der Waals surface area contributed by atoms with Crippen molar-refractivity contribution in [3.8, 4) is 0 Å². The molecule has 2 aliphatic rings. The van der Waals surface area contributed by atoms with Gasteiger partial charge in [-0.3, -0.25) is 4.79 Å². The first-order valence-corrected chi connectivity index (χ1v) is 9.29. The highest BCUT2D eigenvalue weighted by Gasteiger charge is 2.31. The van der Waals surface area contributed by atoms with Crippen LogP contribution in [0.5, 0.6) is 0 Å². The Kier molecular flexibility index (Phi) is 7.16. The summed E-state index contributed by atoms with van der Waals surface area (Å²) in [6.07, 6.45) is 10.0. The lowest BCUT2D eigenvalue weighted by atomic mass is 9.82. The summed E-state index contributed by atoms with van der Waals surface area (Å²) in [6, 6.07) is 0. The fourth-order valence-corrected chi connectivity index (χ4v) is 3.72. The normalized spacial score (nSPS) is 23.4. The Morgan fingerprint density at radius 2 is 1.86 bits per heavy atom. The van der Waals surface area contributed by atoms with Crippen molar-refractivity contribution in [2.45, 2.75) is 76.7 Å². The molecule has 0 spiro atoms. The molecular weight excluding hydrogens is 276 g/mol. The maximum Gasteiger partial charge on any atom is 0.222 e. The number of carbonyl (C=O) groups excluding carboxylic acids is 1. The van der Waals surface area contributed by atoms with Crippen molar-refractivity contribution in [3.05, 3.63) is 0 Å². The van der Waals surface area contributed by atoms with Crippen LogP contribution in [0.15, 0.2) is 0 Å². The van der Waals surface area contributed by atoms with Gasteiger partial charge in [0.1, 0.15) is 0 Å². The molecule has 2 fully saturated rings. The quantitative estimate of drug-likeness (QED) is 0.711. The summed E-state index contributed by atoms with van der Waals surface area (Å²) >= 11 is 0. The zero-order valence-electron chi connectivity index (χ0n) is 14.3. The number of nitrogens with zero attached hydrogens (tertiary/aromatic N) is 1. The van der Waals surface area contributed by atoms with E-state index < -0.39 is 5.60 Å². The molecule has 1 heterocycles. The van der Waals surface area contributed by atoms with Gasteiger partial charge in [0.2, 0.25) is 5.91 Å². The fourth-order valence-electron chi connectivity index (χ4n) is 3.72. The van der Waals surface area contributed by atoms with Gasteiger partial charge in [0.15, 0.2) is 0 Å². The summed E-state index contributed by atoms with van der Waals surface area (Å²) in [7, 11) is 0. The van der Waals surface area contributed by atoms with E-state index in [2.05, 4.69) is 17.1 Å². The molecule has 0 radical (unpaired) electrons. The van der Waals surface area contributed by atoms with Crippen molar-refractivity contribution in [2.75, 3.05) is 26.2 Å². The summed E-state index contributed by atoms with van der Waals surface area (Å²) in [5, 5.41) is 13.4. The van der Waals surface area contributed by atoms with E-state index in [4.69, 9.17) is 0 Å². The van der Waals surface area contributed by atoms with Crippen LogP contribution in [0.2, 0.25) is 0 Å². The largest absolute Gasteiger partial charge is 0.389 e. The molecule has 0 aromatic rings. The maximum atomic E-state index is 11.9. The fraction of sp³-hybridized carbons (Fsp3) is 0.944. The van der Waals surface area contributed by atoms with Crippen molar-refractivity contribution < 1.29 is 9.90 Å². The Hall–Kier alpha value is -0.610. The smallest absolute Gasteiger partial charge is 0.222 e. The van der Waals surface area contributed by atoms with Crippen LogP contribution in [0.1, 0.15) is 71.1 Å². The van der Waals surface area contributed by atoms with Gasteiger partial charge >= 0.3 is 0 Å². The number of rotatable bonds is 7. The molecule has 0 aromatic carbocycles. The number of amides is 1. The second-order valence-electron chi connectivity index (χ2n) is 7.54. The second-order valence-corrected chi connectivity index (χ2v) is 7.54. The SMILES string of the molecule is CC1CCN(CCCCNC(=O)CC2(O)CCCCC2)CC1. The molecule has 1 aliphatic carbocycles. The number of carbonyl (C=O) groups is 1. The molecule has 1 saturated carbocycles. The third kappa shape index (κ3) is 6.25. The first kappa shape index (κ1) is 17.7. The van der Waals surface area contributed by atoms with Gasteiger partial charge in [-0.05, 0) is 64.1 Å². The third-order valence-electron chi connectivity index (χ3n) is 5.37. The first-order valence-electron chi connectivity index (χ1n) is 9.29. The van der Waals surface area contributed by atoms with E-state index in [0.29, 0.717) is 0 Å². The van der Waals surface area contributed by atoms with Gasteiger partial charge < -0.3 is 15.3 Å². The molecule has 1 aliphatic heterocycles. The molecule has 0 atom stereocenters. The second kappa shape index (κ2) is 8.88. The van der Waals surface area contributed by atoms with Gasteiger partial charge in [-0.15, -0.1) is 0 Å². The lowest BCUT2D eigenvalue weighted by molar-refractivity contribution is -0.127. The molecule has 22 heavy (non-hydrogen) atoms. The number of aliphatic hydroxyl groups is 1. The molecular formula is C18H34N2O2. The molecule has 4 nitrogen and oxygen atoms in total. The van der Waals surface area contributed by atoms with Crippen LogP contribution in [0.25, 0.3) is 0 Å². The predicted octanol–water partition coefficient (Wildman–Crippen LogP) is 2.70. The number of nitrogens with one attached hydrogen (secondary N) is 1. The highest BCUT2D eigenvalue weighted by atomic mass is 16.3. The number of piperidine rings is 1. The summed E-state index contributed by atoms with van der Waals surface area (Å²) in [5.74, 6) is 0.914. The van der Waals surface area contributed by atoms with Gasteiger partial charge in [-0.1, -0.05) is 26.2 Å². The van der Waals surface area contributed by atoms with Crippen LogP contribution in [-0.2, 0) is 4.79 Å². The Labute approximate surface area is 135 Å². The molecule has 0 aromatic heterocycles. The Balaban J connectivity index is 1.50. The molecule has 2 rings (SSSR count). The summed E-state index contributed by atoms with van der Waals surface area (Å²) < 4.78 is 0. The molecule has 128 valence electrons. The first-order chi connectivity index (χ1) is 10.6. The molecule has 0 unspecified atom stereocenters. The van der Waals surface area contributed by atoms with Crippen molar-refractivity contribution in [1.29, 1.82) is 0 Å². The van der Waals surface area contributed by atoms with Crippen LogP contribution in [0, 0.1) is 5.92 Å². The van der Waals surface area contributed by atoms with Crippen LogP contribution in [0.3, 0.4) is 0 Å². The molecule has 4 heteroatoms. The van der Waals surface area contributed by atoms with Crippen molar-refractivity contribution >= 4 is 5.91 Å². The maximum absolute atomic E-state index is 11.9. The molecule has 1 saturated heterocycles. The van der Waals surface area contributed by atoms with E-state index in [1.54, 1.807) is 0 Å². The van der Waals surface area contributed by atoms with Crippen LogP contribution in [-0.4, -0.2) is 47.7 Å². The van der Waals surface area contributed by atoms with Gasteiger partial charge in [0.25, 0.3) is 0 Å². The van der Waals surface area contributed by atoms with Crippen molar-refractivity contribution in [1.82, 2.24) is 10.2 Å². The number of hydrogen-bond acceptors (Lipinski definition) is 3. The van der Waals surface area contributed by atoms with Gasteiger partial charge in [-0.25, -0.2) is 0 Å². The predicted molar refractivity (Wildman–Crippen MR) is 89.7 cm³/mol. The van der Waals surface area contributed by atoms with E-state index in [1.165, 1.54) is 32.4 Å². The lowest BCUT2D eigenvalue weighted by Crippen LogP contribution is -2.38. The van der Waals surface area contributed by atoms with E-state index in [1.807, 2.05) is 0 Å². The molecule has 1 amide bonds. The van der Waals surface area contributed by atoms with E-state index >= 15 is 0 Å². The minimum Gasteiger partial charge on any atom is -0.389 e. The zero-order chi connectivity index (χ0) is 15.8. The Morgan fingerprint density at radius 3 is 2.55 bits per heavy atom. The number of hydrogen-bond donors (Lipinski definition) is 2. The van der Waals surface area contributed by atoms with E-state index in [0.717, 1.165) is 57.5 Å². The lowest BCUT2D eigenvalue weighted by Gasteiger charge is -2.31. The summed E-state index contributed by atoms with van der Waals surface area (Å²) in [6.45, 7) is 6.72. The van der Waals surface area contributed by atoms with Crippen molar-refractivity contribution in [2.24, 2.45) is 5.92 Å². The van der Waals surface area contributed by atoms with Gasteiger partial charge in [0.05, 0.1) is 12.0 Å². The van der Waals surface area contributed by atoms with Gasteiger partial charge in [0, 0.05) is 6.54 Å². The third-order valence-corrected chi connectivity index (χ3v) is 5.37. The average molecular weight is 310 g/mol. The molecule has 2 N–H and O–H groups in total. The number of unbranched alkanes of at least 4 members (excludes halogenated alkanes) is 1. The molecule has 0 bridgehead atoms. The van der Waals surface area contributed by atoms with E-state index in [-0.39, 0.29) is 12.3 Å². The van der Waals surface area contributed by atoms with E-state index in [9.17, 15) is 9.90 Å². The topological polar surface area (TPSA) is 52.6 Å². The highest BCUT2D eigenvalue weighted by Crippen LogP contribution is 2.30. The summed E-state index contributed by atoms with van der Waals surface area (Å²) in [5.41, 5.74) is -0.729. The van der Waals surface area contributed by atoms with Crippen LogP contribution < -0.4 is 5.32 Å². The minimum atomic E-state index is -0.729. The monoisotopic (exact) mass is 310 g/mol. The zero-order valence-corrected chi connectivity index (χ0v) is 14.3. The minimum absolute atomic E-state index is 0.0243. The van der Waals surface area contributed by atoms with Crippen LogP contribution in [0.4, 0.5) is 0 Å². The average Bonchev–Trinajstić information content (AvgIpc) is 2.49. The van der Waals surface area contributed by atoms with Gasteiger partial charge in [-0.2, -0.15) is 0 Å². The number of likely N-dealkylation sites (tertiary alicyclic amines) is 1. The standard InChI is InChI=1S/C18H34N2O2/c1-16-7-13-20(14-8-16)12-6-5-11-19-17(21)15-18(22)9-3-2-4-10-18/h16,22H,2-15H2,1H3,(H,19,21).